The minimum absolute atomic E-state index is 0.0942. The van der Waals surface area contributed by atoms with E-state index >= 15 is 0 Å². The summed E-state index contributed by atoms with van der Waals surface area (Å²) < 4.78 is 16.8. The van der Waals surface area contributed by atoms with Gasteiger partial charge in [0.1, 0.15) is 17.6 Å². The molecule has 0 aliphatic carbocycles. The van der Waals surface area contributed by atoms with Crippen molar-refractivity contribution in [2.75, 3.05) is 13.2 Å². The highest BCUT2D eigenvalue weighted by Crippen LogP contribution is 2.35. The molecule has 192 valence electrons. The van der Waals surface area contributed by atoms with Gasteiger partial charge in [-0.3, -0.25) is 4.40 Å². The lowest BCUT2D eigenvalue weighted by molar-refractivity contribution is -0.396. The van der Waals surface area contributed by atoms with Crippen LogP contribution in [0.3, 0.4) is 0 Å². The van der Waals surface area contributed by atoms with Crippen LogP contribution in [0, 0.1) is 17.0 Å². The summed E-state index contributed by atoms with van der Waals surface area (Å²) in [6, 6.07) is 16.3. The third-order valence-electron chi connectivity index (χ3n) is 6.28. The zero-order chi connectivity index (χ0) is 25.8. The van der Waals surface area contributed by atoms with Gasteiger partial charge in [-0.25, -0.2) is 9.55 Å². The van der Waals surface area contributed by atoms with Gasteiger partial charge < -0.3 is 19.6 Å². The molecule has 5 aromatic rings. The second-order valence-corrected chi connectivity index (χ2v) is 9.79. The van der Waals surface area contributed by atoms with Gasteiger partial charge in [0.15, 0.2) is 4.96 Å². The molecule has 3 aromatic heterocycles. The molecule has 9 nitrogen and oxygen atoms in total. The number of hydrogen-bond acceptors (Lipinski definition) is 7. The van der Waals surface area contributed by atoms with Crippen LogP contribution in [0.4, 0.5) is 5.95 Å². The summed E-state index contributed by atoms with van der Waals surface area (Å²) in [5.41, 5.74) is 4.92. The van der Waals surface area contributed by atoms with Crippen LogP contribution < -0.4 is 4.74 Å². The zero-order valence-corrected chi connectivity index (χ0v) is 21.7. The fraction of sp³-hybridized carbons (Fsp3) is 0.333. The molecule has 0 saturated heterocycles. The first-order chi connectivity index (χ1) is 18.1. The minimum Gasteiger partial charge on any atom is -0.494 e. The molecular weight excluding hydrogens is 490 g/mol. The van der Waals surface area contributed by atoms with E-state index in [1.807, 2.05) is 38.1 Å². The van der Waals surface area contributed by atoms with Gasteiger partial charge in [-0.15, -0.1) is 0 Å². The Morgan fingerprint density at radius 3 is 2.73 bits per heavy atom. The number of nitro groups is 1. The van der Waals surface area contributed by atoms with E-state index in [2.05, 4.69) is 33.7 Å². The zero-order valence-electron chi connectivity index (χ0n) is 20.9. The van der Waals surface area contributed by atoms with Gasteiger partial charge >= 0.3 is 5.95 Å². The van der Waals surface area contributed by atoms with Crippen LogP contribution in [0.25, 0.3) is 26.4 Å². The molecule has 2 aromatic carbocycles. The molecule has 0 aliphatic heterocycles. The van der Waals surface area contributed by atoms with E-state index in [0.29, 0.717) is 26.4 Å². The van der Waals surface area contributed by atoms with E-state index in [1.165, 1.54) is 0 Å². The van der Waals surface area contributed by atoms with Crippen molar-refractivity contribution in [1.29, 1.82) is 0 Å². The second kappa shape index (κ2) is 11.1. The molecule has 0 N–H and O–H groups in total. The number of thiazole rings is 1. The SMILES string of the molecule is CCOc1ccc2c(c1)sc1nc(-c3ccccc3)c(COCCCCCn3c(C)cnc3[N+](=O)[O-])n12. The fourth-order valence-corrected chi connectivity index (χ4v) is 5.59. The molecule has 0 spiro atoms. The van der Waals surface area contributed by atoms with E-state index in [9.17, 15) is 10.1 Å². The van der Waals surface area contributed by atoms with Crippen LogP contribution in [0.1, 0.15) is 37.6 Å². The maximum atomic E-state index is 11.1. The highest BCUT2D eigenvalue weighted by atomic mass is 32.1. The lowest BCUT2D eigenvalue weighted by Crippen LogP contribution is -2.06. The van der Waals surface area contributed by atoms with Gasteiger partial charge in [0, 0.05) is 12.2 Å². The summed E-state index contributed by atoms with van der Waals surface area (Å²) in [6.07, 6.45) is 4.14. The second-order valence-electron chi connectivity index (χ2n) is 8.78. The van der Waals surface area contributed by atoms with Crippen LogP contribution in [0.15, 0.2) is 54.7 Å². The Balaban J connectivity index is 1.27. The largest absolute Gasteiger partial charge is 0.494 e. The monoisotopic (exact) mass is 519 g/mol. The minimum atomic E-state index is -0.432. The van der Waals surface area contributed by atoms with Crippen LogP contribution in [-0.2, 0) is 17.9 Å². The van der Waals surface area contributed by atoms with Gasteiger partial charge in [-0.1, -0.05) is 46.7 Å². The normalized spacial score (nSPS) is 11.5. The van der Waals surface area contributed by atoms with Crippen molar-refractivity contribution in [2.45, 2.75) is 46.3 Å². The Bertz CT molecular complexity index is 1520. The summed E-state index contributed by atoms with van der Waals surface area (Å²) in [5.74, 6) is 0.764. The Morgan fingerprint density at radius 2 is 1.95 bits per heavy atom. The van der Waals surface area contributed by atoms with E-state index in [0.717, 1.165) is 62.8 Å². The molecule has 0 aliphatic rings. The molecular formula is C27H29N5O4S. The van der Waals surface area contributed by atoms with Crippen LogP contribution in [-0.4, -0.2) is 37.1 Å². The molecule has 5 rings (SSSR count). The summed E-state index contributed by atoms with van der Waals surface area (Å²) in [4.78, 5) is 20.5. The average Bonchev–Trinajstić information content (AvgIpc) is 3.55. The summed E-state index contributed by atoms with van der Waals surface area (Å²) in [6.45, 7) is 6.07. The Kier molecular flexibility index (Phi) is 7.47. The average molecular weight is 520 g/mol. The van der Waals surface area contributed by atoms with Crippen LogP contribution in [0.5, 0.6) is 5.75 Å². The molecule has 37 heavy (non-hydrogen) atoms. The van der Waals surface area contributed by atoms with E-state index < -0.39 is 4.92 Å². The summed E-state index contributed by atoms with van der Waals surface area (Å²) in [7, 11) is 0. The first-order valence-electron chi connectivity index (χ1n) is 12.4. The van der Waals surface area contributed by atoms with E-state index in [4.69, 9.17) is 14.5 Å². The van der Waals surface area contributed by atoms with Gasteiger partial charge in [0.2, 0.25) is 0 Å². The summed E-state index contributed by atoms with van der Waals surface area (Å²) in [5, 5.41) is 11.1. The molecule has 10 heteroatoms. The number of aryl methyl sites for hydroxylation is 1. The van der Waals surface area contributed by atoms with Crippen molar-refractivity contribution >= 4 is 32.5 Å². The van der Waals surface area contributed by atoms with E-state index in [-0.39, 0.29) is 5.95 Å². The fourth-order valence-electron chi connectivity index (χ4n) is 4.51. The maximum Gasteiger partial charge on any atom is 0.434 e. The number of hydrogen-bond donors (Lipinski definition) is 0. The molecule has 0 unspecified atom stereocenters. The smallest absolute Gasteiger partial charge is 0.434 e. The number of nitrogens with zero attached hydrogens (tertiary/aromatic N) is 5. The molecule has 0 radical (unpaired) electrons. The molecule has 0 atom stereocenters. The molecule has 0 saturated carbocycles. The highest BCUT2D eigenvalue weighted by molar-refractivity contribution is 7.23. The predicted octanol–water partition coefficient (Wildman–Crippen LogP) is 6.41. The third kappa shape index (κ3) is 5.21. The van der Waals surface area contributed by atoms with Crippen LogP contribution in [0.2, 0.25) is 0 Å². The Morgan fingerprint density at radius 1 is 1.11 bits per heavy atom. The number of aromatic nitrogens is 4. The maximum absolute atomic E-state index is 11.1. The van der Waals surface area contributed by atoms with Gasteiger partial charge in [0.25, 0.3) is 0 Å². The lowest BCUT2D eigenvalue weighted by Gasteiger charge is -2.08. The number of ether oxygens (including phenoxy) is 2. The first kappa shape index (κ1) is 24.9. The van der Waals surface area contributed by atoms with Crippen molar-refractivity contribution in [3.05, 3.63) is 76.2 Å². The van der Waals surface area contributed by atoms with Gasteiger partial charge in [-0.05, 0) is 56.2 Å². The van der Waals surface area contributed by atoms with Crippen molar-refractivity contribution in [3.8, 4) is 17.0 Å². The third-order valence-corrected chi connectivity index (χ3v) is 7.28. The Hall–Kier alpha value is -3.76. The number of rotatable bonds is 12. The quantitative estimate of drug-likeness (QED) is 0.107. The first-order valence-corrected chi connectivity index (χ1v) is 13.2. The molecule has 0 amide bonds. The van der Waals surface area contributed by atoms with Crippen molar-refractivity contribution in [3.63, 3.8) is 0 Å². The Labute approximate surface area is 218 Å². The van der Waals surface area contributed by atoms with Crippen molar-refractivity contribution in [2.24, 2.45) is 0 Å². The van der Waals surface area contributed by atoms with Gasteiger partial charge in [-0.2, -0.15) is 0 Å². The van der Waals surface area contributed by atoms with E-state index in [1.54, 1.807) is 22.1 Å². The van der Waals surface area contributed by atoms with Crippen molar-refractivity contribution < 1.29 is 14.4 Å². The number of unbranched alkanes of at least 4 members (excludes halogenated alkanes) is 2. The topological polar surface area (TPSA) is 96.7 Å². The standard InChI is InChI=1S/C27H29N5O4S/c1-3-36-21-12-13-22-24(16-21)37-27-29-25(20-10-6-4-7-11-20)23(31(22)27)18-35-15-9-5-8-14-30-19(2)17-28-26(30)32(33)34/h4,6-7,10-13,16-17H,3,5,8-9,14-15,18H2,1-2H3. The highest BCUT2D eigenvalue weighted by Gasteiger charge is 2.19. The molecule has 0 bridgehead atoms. The lowest BCUT2D eigenvalue weighted by atomic mass is 10.1. The number of fused-ring (bicyclic) bond motifs is 3. The van der Waals surface area contributed by atoms with Crippen LogP contribution >= 0.6 is 11.3 Å². The molecule has 0 fully saturated rings. The molecule has 3 heterocycles. The predicted molar refractivity (Wildman–Crippen MR) is 144 cm³/mol. The number of benzene rings is 2. The van der Waals surface area contributed by atoms with Gasteiger partial charge in [0.05, 0.1) is 41.4 Å². The van der Waals surface area contributed by atoms with Crippen molar-refractivity contribution in [1.82, 2.24) is 18.9 Å². The number of imidazole rings is 2. The summed E-state index contributed by atoms with van der Waals surface area (Å²) >= 11 is 1.65.